The van der Waals surface area contributed by atoms with Gasteiger partial charge in [0.05, 0.1) is 30.9 Å². The van der Waals surface area contributed by atoms with Crippen molar-refractivity contribution in [2.45, 2.75) is 26.7 Å². The van der Waals surface area contributed by atoms with Crippen molar-refractivity contribution < 1.29 is 14.3 Å². The molecule has 0 saturated carbocycles. The summed E-state index contributed by atoms with van der Waals surface area (Å²) in [5.74, 6) is 2.11. The normalized spacial score (nSPS) is 11.2. The van der Waals surface area contributed by atoms with E-state index in [1.165, 1.54) is 0 Å². The third-order valence-corrected chi connectivity index (χ3v) is 7.28. The second-order valence-electron chi connectivity index (χ2n) is 9.86. The van der Waals surface area contributed by atoms with Gasteiger partial charge in [-0.1, -0.05) is 12.1 Å². The predicted molar refractivity (Wildman–Crippen MR) is 159 cm³/mol. The monoisotopic (exact) mass is 546 g/mol. The van der Waals surface area contributed by atoms with E-state index in [2.05, 4.69) is 15.3 Å². The van der Waals surface area contributed by atoms with Gasteiger partial charge in [-0.05, 0) is 74.4 Å². The molecule has 1 amide bonds. The van der Waals surface area contributed by atoms with Crippen LogP contribution in [0.25, 0.3) is 39.3 Å². The number of nitrogens with zero attached hydrogens (tertiary/aromatic N) is 4. The van der Waals surface area contributed by atoms with E-state index >= 15 is 0 Å². The third kappa shape index (κ3) is 5.09. The number of hydrogen-bond donors (Lipinski definition) is 2. The number of imidazole rings is 1. The number of fused-ring (bicyclic) bond motifs is 2. The number of aromatic amines is 1. The number of ether oxygens (including phenoxy) is 2. The molecule has 6 rings (SSSR count). The Bertz CT molecular complexity index is 1860. The van der Waals surface area contributed by atoms with Gasteiger partial charge in [0.25, 0.3) is 0 Å². The maximum absolute atomic E-state index is 12.9. The van der Waals surface area contributed by atoms with Crippen molar-refractivity contribution in [1.29, 1.82) is 0 Å². The number of rotatable bonds is 8. The van der Waals surface area contributed by atoms with E-state index < -0.39 is 0 Å². The van der Waals surface area contributed by atoms with Crippen LogP contribution < -0.4 is 14.8 Å². The van der Waals surface area contributed by atoms with Crippen molar-refractivity contribution >= 4 is 28.3 Å². The SMILES string of the molecule is COc1ccc(-c2cc3nc(C)c(CCC(=O)Nc4ccc(-c5nc6ccccc6[nH]5)cc4)c(C)n3n2)c(OC)c1. The van der Waals surface area contributed by atoms with E-state index in [1.807, 2.05) is 91.2 Å². The molecule has 0 bridgehead atoms. The number of anilines is 1. The first-order chi connectivity index (χ1) is 19.9. The highest BCUT2D eigenvalue weighted by Gasteiger charge is 2.17. The molecule has 41 heavy (non-hydrogen) atoms. The minimum Gasteiger partial charge on any atom is -0.497 e. The Labute approximate surface area is 237 Å². The maximum Gasteiger partial charge on any atom is 0.224 e. The zero-order valence-corrected chi connectivity index (χ0v) is 23.4. The second kappa shape index (κ2) is 10.8. The number of amides is 1. The zero-order valence-electron chi connectivity index (χ0n) is 23.4. The third-order valence-electron chi connectivity index (χ3n) is 7.28. The predicted octanol–water partition coefficient (Wildman–Crippen LogP) is 6.14. The lowest BCUT2D eigenvalue weighted by Gasteiger charge is -2.11. The van der Waals surface area contributed by atoms with Crippen molar-refractivity contribution in [3.8, 4) is 34.1 Å². The van der Waals surface area contributed by atoms with Gasteiger partial charge in [-0.25, -0.2) is 14.5 Å². The van der Waals surface area contributed by atoms with Gasteiger partial charge in [-0.3, -0.25) is 4.79 Å². The molecule has 0 unspecified atom stereocenters. The van der Waals surface area contributed by atoms with Crippen molar-refractivity contribution in [1.82, 2.24) is 24.6 Å². The van der Waals surface area contributed by atoms with Gasteiger partial charge in [-0.15, -0.1) is 0 Å². The summed E-state index contributed by atoms with van der Waals surface area (Å²) in [6.07, 6.45) is 0.866. The van der Waals surface area contributed by atoms with Crippen molar-refractivity contribution in [3.63, 3.8) is 0 Å². The number of nitrogens with one attached hydrogen (secondary N) is 2. The van der Waals surface area contributed by atoms with Gasteiger partial charge < -0.3 is 19.8 Å². The average molecular weight is 547 g/mol. The van der Waals surface area contributed by atoms with Crippen molar-refractivity contribution in [2.75, 3.05) is 19.5 Å². The van der Waals surface area contributed by atoms with E-state index in [9.17, 15) is 4.79 Å². The van der Waals surface area contributed by atoms with Gasteiger partial charge in [0.2, 0.25) is 5.91 Å². The first-order valence-corrected chi connectivity index (χ1v) is 13.4. The van der Waals surface area contributed by atoms with Crippen molar-refractivity contribution in [3.05, 3.63) is 89.7 Å². The molecule has 0 aliphatic carbocycles. The molecule has 9 nitrogen and oxygen atoms in total. The Hall–Kier alpha value is -5.18. The molecular weight excluding hydrogens is 516 g/mol. The Morgan fingerprint density at radius 2 is 1.76 bits per heavy atom. The summed E-state index contributed by atoms with van der Waals surface area (Å²) < 4.78 is 12.7. The molecule has 3 aromatic heterocycles. The van der Waals surface area contributed by atoms with Gasteiger partial charge in [0.1, 0.15) is 17.3 Å². The minimum atomic E-state index is -0.0653. The highest BCUT2D eigenvalue weighted by atomic mass is 16.5. The maximum atomic E-state index is 12.9. The Morgan fingerprint density at radius 1 is 0.951 bits per heavy atom. The fourth-order valence-electron chi connectivity index (χ4n) is 5.09. The van der Waals surface area contributed by atoms with E-state index in [0.717, 1.165) is 62.0 Å². The second-order valence-corrected chi connectivity index (χ2v) is 9.86. The van der Waals surface area contributed by atoms with Gasteiger partial charge in [0.15, 0.2) is 5.65 Å². The molecule has 6 aromatic rings. The molecule has 0 aliphatic heterocycles. The Morgan fingerprint density at radius 3 is 2.51 bits per heavy atom. The highest BCUT2D eigenvalue weighted by molar-refractivity contribution is 5.91. The number of benzene rings is 3. The molecule has 3 aromatic carbocycles. The van der Waals surface area contributed by atoms with Crippen LogP contribution in [0.2, 0.25) is 0 Å². The molecule has 2 N–H and O–H groups in total. The molecule has 0 radical (unpaired) electrons. The summed E-state index contributed by atoms with van der Waals surface area (Å²) in [5, 5.41) is 7.82. The molecule has 206 valence electrons. The summed E-state index contributed by atoms with van der Waals surface area (Å²) in [6, 6.07) is 23.2. The Kier molecular flexibility index (Phi) is 6.84. The number of methoxy groups -OCH3 is 2. The summed E-state index contributed by atoms with van der Waals surface area (Å²) in [6.45, 7) is 3.98. The standard InChI is InChI=1S/C32H30N6O3/c1-19-24(20(2)38-30(33-19)18-28(37-38)25-14-13-23(40-3)17-29(25)41-4)15-16-31(39)34-22-11-9-21(10-12-22)32-35-26-7-5-6-8-27(26)36-32/h5-14,17-18H,15-16H2,1-4H3,(H,34,39)(H,35,36). The number of hydrogen-bond acceptors (Lipinski definition) is 6. The van der Waals surface area contributed by atoms with Crippen LogP contribution in [0, 0.1) is 13.8 Å². The fourth-order valence-corrected chi connectivity index (χ4v) is 5.09. The minimum absolute atomic E-state index is 0.0653. The first-order valence-electron chi connectivity index (χ1n) is 13.4. The van der Waals surface area contributed by atoms with E-state index in [1.54, 1.807) is 14.2 Å². The first kappa shape index (κ1) is 26.1. The van der Waals surface area contributed by atoms with Crippen LogP contribution in [0.5, 0.6) is 11.5 Å². The summed E-state index contributed by atoms with van der Waals surface area (Å²) >= 11 is 0. The van der Waals surface area contributed by atoms with E-state index in [0.29, 0.717) is 24.3 Å². The van der Waals surface area contributed by atoms with Crippen LogP contribution >= 0.6 is 0 Å². The lowest BCUT2D eigenvalue weighted by Crippen LogP contribution is -2.14. The number of para-hydroxylation sites is 2. The largest absolute Gasteiger partial charge is 0.497 e. The smallest absolute Gasteiger partial charge is 0.224 e. The van der Waals surface area contributed by atoms with E-state index in [-0.39, 0.29) is 5.91 Å². The summed E-state index contributed by atoms with van der Waals surface area (Å²) in [4.78, 5) is 25.6. The summed E-state index contributed by atoms with van der Waals surface area (Å²) in [7, 11) is 3.25. The van der Waals surface area contributed by atoms with E-state index in [4.69, 9.17) is 19.6 Å². The van der Waals surface area contributed by atoms with Gasteiger partial charge in [-0.2, -0.15) is 5.10 Å². The summed E-state index contributed by atoms with van der Waals surface area (Å²) in [5.41, 5.74) is 8.78. The molecular formula is C32H30N6O3. The molecule has 9 heteroatoms. The van der Waals surface area contributed by atoms with Gasteiger partial charge >= 0.3 is 0 Å². The van der Waals surface area contributed by atoms with Crippen LogP contribution in [0.1, 0.15) is 23.4 Å². The molecule has 0 atom stereocenters. The molecule has 0 spiro atoms. The number of carbonyl (C=O) groups is 1. The number of aromatic nitrogens is 5. The average Bonchev–Trinajstić information content (AvgIpc) is 3.62. The van der Waals surface area contributed by atoms with Crippen LogP contribution in [-0.4, -0.2) is 44.7 Å². The topological polar surface area (TPSA) is 106 Å². The number of H-pyrrole nitrogens is 1. The molecule has 0 aliphatic rings. The zero-order chi connectivity index (χ0) is 28.5. The van der Waals surface area contributed by atoms with Crippen LogP contribution in [0.15, 0.2) is 72.8 Å². The van der Waals surface area contributed by atoms with Crippen LogP contribution in [0.4, 0.5) is 5.69 Å². The lowest BCUT2D eigenvalue weighted by molar-refractivity contribution is -0.116. The Balaban J connectivity index is 1.16. The molecule has 0 saturated heterocycles. The fraction of sp³-hybridized carbons (Fsp3) is 0.188. The quantitative estimate of drug-likeness (QED) is 0.237. The molecule has 0 fully saturated rings. The van der Waals surface area contributed by atoms with Gasteiger partial charge in [0, 0.05) is 46.8 Å². The lowest BCUT2D eigenvalue weighted by atomic mass is 10.1. The van der Waals surface area contributed by atoms with Crippen molar-refractivity contribution in [2.24, 2.45) is 0 Å². The molecule has 3 heterocycles. The van der Waals surface area contributed by atoms with Crippen LogP contribution in [0.3, 0.4) is 0 Å². The van der Waals surface area contributed by atoms with Crippen LogP contribution in [-0.2, 0) is 11.2 Å². The number of aryl methyl sites for hydroxylation is 2. The highest BCUT2D eigenvalue weighted by Crippen LogP contribution is 2.33. The number of carbonyl (C=O) groups excluding carboxylic acids is 1.